The van der Waals surface area contributed by atoms with E-state index in [0.717, 1.165) is 26.5 Å². The van der Waals surface area contributed by atoms with E-state index in [1.54, 1.807) is 29.5 Å². The van der Waals surface area contributed by atoms with E-state index in [4.69, 9.17) is 5.11 Å². The average molecular weight is 312 g/mol. The van der Waals surface area contributed by atoms with Gasteiger partial charge in [0.25, 0.3) is 0 Å². The maximum atomic E-state index is 10.9. The van der Waals surface area contributed by atoms with Crippen molar-refractivity contribution in [1.29, 1.82) is 0 Å². The lowest BCUT2D eigenvalue weighted by atomic mass is 10.1. The molecule has 1 aromatic heterocycles. The molecule has 5 heteroatoms. The molecule has 0 saturated carbocycles. The molecule has 0 radical (unpaired) electrons. The fraction of sp³-hybridized carbons (Fsp3) is 0.167. The first kappa shape index (κ1) is 12.3. The van der Waals surface area contributed by atoms with Crippen LogP contribution in [0.2, 0.25) is 0 Å². The highest BCUT2D eigenvalue weighted by molar-refractivity contribution is 9.08. The molecule has 0 spiro atoms. The molecule has 0 saturated heterocycles. The van der Waals surface area contributed by atoms with Crippen LogP contribution in [0, 0.1) is 6.92 Å². The maximum Gasteiger partial charge on any atom is 0.335 e. The molecule has 2 rings (SSSR count). The molecule has 1 heterocycles. The molecule has 0 aliphatic rings. The Morgan fingerprint density at radius 2 is 2.29 bits per heavy atom. The van der Waals surface area contributed by atoms with Crippen molar-refractivity contribution in [2.45, 2.75) is 12.3 Å². The van der Waals surface area contributed by atoms with Crippen LogP contribution in [-0.4, -0.2) is 16.1 Å². The summed E-state index contributed by atoms with van der Waals surface area (Å²) >= 11 is 5.04. The molecule has 17 heavy (non-hydrogen) atoms. The van der Waals surface area contributed by atoms with Crippen LogP contribution < -0.4 is 0 Å². The lowest BCUT2D eigenvalue weighted by molar-refractivity contribution is 0.0697. The maximum absolute atomic E-state index is 10.9. The molecule has 2 aromatic rings. The fourth-order valence-electron chi connectivity index (χ4n) is 1.58. The minimum atomic E-state index is -0.917. The largest absolute Gasteiger partial charge is 0.478 e. The van der Waals surface area contributed by atoms with Crippen molar-refractivity contribution >= 4 is 33.2 Å². The van der Waals surface area contributed by atoms with Crippen LogP contribution in [0.3, 0.4) is 0 Å². The zero-order chi connectivity index (χ0) is 12.4. The number of aromatic carboxylic acids is 1. The second-order valence-corrected chi connectivity index (χ2v) is 5.37. The van der Waals surface area contributed by atoms with Gasteiger partial charge in [0.1, 0.15) is 0 Å². The van der Waals surface area contributed by atoms with Gasteiger partial charge in [-0.2, -0.15) is 0 Å². The Labute approximate surface area is 111 Å². The Morgan fingerprint density at radius 1 is 1.53 bits per heavy atom. The van der Waals surface area contributed by atoms with Crippen LogP contribution in [0.15, 0.2) is 24.3 Å². The van der Waals surface area contributed by atoms with E-state index >= 15 is 0 Å². The second-order valence-electron chi connectivity index (χ2n) is 3.52. The number of aromatic nitrogens is 1. The number of carboxylic acid groups (broad SMARTS) is 1. The highest BCUT2D eigenvalue weighted by Gasteiger charge is 2.12. The van der Waals surface area contributed by atoms with Gasteiger partial charge in [-0.1, -0.05) is 28.1 Å². The van der Waals surface area contributed by atoms with Gasteiger partial charge in [-0.05, 0) is 19.1 Å². The van der Waals surface area contributed by atoms with Gasteiger partial charge in [0, 0.05) is 15.8 Å². The second kappa shape index (κ2) is 4.98. The van der Waals surface area contributed by atoms with E-state index in [1.807, 2.05) is 13.0 Å². The number of halogens is 1. The molecule has 3 nitrogen and oxygen atoms in total. The summed E-state index contributed by atoms with van der Waals surface area (Å²) in [6.07, 6.45) is 0. The van der Waals surface area contributed by atoms with E-state index in [9.17, 15) is 4.79 Å². The summed E-state index contributed by atoms with van der Waals surface area (Å²) in [5.74, 6) is -0.917. The molecule has 0 unspecified atom stereocenters. The molecule has 0 atom stereocenters. The molecule has 0 aliphatic carbocycles. The lowest BCUT2D eigenvalue weighted by Gasteiger charge is -2.01. The molecule has 1 N–H and O–H groups in total. The normalized spacial score (nSPS) is 10.5. The minimum Gasteiger partial charge on any atom is -0.478 e. The van der Waals surface area contributed by atoms with Crippen molar-refractivity contribution in [3.05, 3.63) is 39.7 Å². The third-order valence-electron chi connectivity index (χ3n) is 2.31. The molecule has 0 bridgehead atoms. The third-order valence-corrected chi connectivity index (χ3v) is 4.21. The highest BCUT2D eigenvalue weighted by Crippen LogP contribution is 2.30. The summed E-state index contributed by atoms with van der Waals surface area (Å²) in [7, 11) is 0. The number of carboxylic acids is 1. The Hall–Kier alpha value is -1.20. The van der Waals surface area contributed by atoms with Crippen LogP contribution in [0.25, 0.3) is 11.3 Å². The number of carbonyl (C=O) groups is 1. The summed E-state index contributed by atoms with van der Waals surface area (Å²) < 4.78 is 0. The zero-order valence-electron chi connectivity index (χ0n) is 9.11. The number of aryl methyl sites for hydroxylation is 1. The summed E-state index contributed by atoms with van der Waals surface area (Å²) in [4.78, 5) is 16.5. The number of alkyl halides is 1. The van der Waals surface area contributed by atoms with Gasteiger partial charge < -0.3 is 5.11 Å². The smallest absolute Gasteiger partial charge is 0.335 e. The van der Waals surface area contributed by atoms with E-state index in [0.29, 0.717) is 0 Å². The lowest BCUT2D eigenvalue weighted by Crippen LogP contribution is -1.96. The van der Waals surface area contributed by atoms with Crippen molar-refractivity contribution in [2.75, 3.05) is 0 Å². The standard InChI is InChI=1S/C12H10BrNO2S/c1-7-14-11(10(6-13)17-7)8-3-2-4-9(5-8)12(15)16/h2-5H,6H2,1H3,(H,15,16). The summed E-state index contributed by atoms with van der Waals surface area (Å²) in [6, 6.07) is 6.86. The van der Waals surface area contributed by atoms with Gasteiger partial charge in [-0.25, -0.2) is 9.78 Å². The fourth-order valence-corrected chi connectivity index (χ4v) is 3.00. The first-order valence-electron chi connectivity index (χ1n) is 4.98. The summed E-state index contributed by atoms with van der Waals surface area (Å²) in [6.45, 7) is 1.95. The van der Waals surface area contributed by atoms with Crippen LogP contribution in [0.4, 0.5) is 0 Å². The van der Waals surface area contributed by atoms with Gasteiger partial charge in [0.15, 0.2) is 0 Å². The number of hydrogen-bond acceptors (Lipinski definition) is 3. The van der Waals surface area contributed by atoms with E-state index in [1.165, 1.54) is 0 Å². The van der Waals surface area contributed by atoms with E-state index in [-0.39, 0.29) is 5.56 Å². The Kier molecular flexibility index (Phi) is 3.59. The summed E-state index contributed by atoms with van der Waals surface area (Å²) in [5, 5.41) is 10.7. The van der Waals surface area contributed by atoms with Crippen molar-refractivity contribution in [2.24, 2.45) is 0 Å². The summed E-state index contributed by atoms with van der Waals surface area (Å²) in [5.41, 5.74) is 2.00. The average Bonchev–Trinajstić information content (AvgIpc) is 2.70. The first-order valence-corrected chi connectivity index (χ1v) is 6.91. The number of benzene rings is 1. The first-order chi connectivity index (χ1) is 8.11. The minimum absolute atomic E-state index is 0.286. The molecule has 0 aliphatic heterocycles. The predicted molar refractivity (Wildman–Crippen MR) is 71.9 cm³/mol. The van der Waals surface area contributed by atoms with Crippen molar-refractivity contribution < 1.29 is 9.90 Å². The van der Waals surface area contributed by atoms with Gasteiger partial charge >= 0.3 is 5.97 Å². The highest BCUT2D eigenvalue weighted by atomic mass is 79.9. The van der Waals surface area contributed by atoms with Crippen molar-refractivity contribution in [3.63, 3.8) is 0 Å². The SMILES string of the molecule is Cc1nc(-c2cccc(C(=O)O)c2)c(CBr)s1. The molecular formula is C12H10BrNO2S. The van der Waals surface area contributed by atoms with E-state index in [2.05, 4.69) is 20.9 Å². The number of hydrogen-bond donors (Lipinski definition) is 1. The molecule has 1 aromatic carbocycles. The van der Waals surface area contributed by atoms with Gasteiger partial charge in [-0.3, -0.25) is 0 Å². The van der Waals surface area contributed by atoms with Crippen molar-refractivity contribution in [3.8, 4) is 11.3 Å². The molecule has 0 fully saturated rings. The van der Waals surface area contributed by atoms with Crippen LogP contribution in [0.5, 0.6) is 0 Å². The molecular weight excluding hydrogens is 302 g/mol. The van der Waals surface area contributed by atoms with Crippen LogP contribution in [-0.2, 0) is 5.33 Å². The van der Waals surface area contributed by atoms with Crippen molar-refractivity contribution in [1.82, 2.24) is 4.98 Å². The number of rotatable bonds is 3. The Balaban J connectivity index is 2.52. The quantitative estimate of drug-likeness (QED) is 0.879. The van der Waals surface area contributed by atoms with Crippen LogP contribution in [0.1, 0.15) is 20.2 Å². The molecule has 0 amide bonds. The number of nitrogens with zero attached hydrogens (tertiary/aromatic N) is 1. The Morgan fingerprint density at radius 3 is 2.94 bits per heavy atom. The van der Waals surface area contributed by atoms with E-state index < -0.39 is 5.97 Å². The van der Waals surface area contributed by atoms with Crippen LogP contribution >= 0.6 is 27.3 Å². The van der Waals surface area contributed by atoms with Gasteiger partial charge in [0.2, 0.25) is 0 Å². The molecule has 88 valence electrons. The van der Waals surface area contributed by atoms with Gasteiger partial charge in [-0.15, -0.1) is 11.3 Å². The third kappa shape index (κ3) is 2.56. The zero-order valence-corrected chi connectivity index (χ0v) is 11.5. The topological polar surface area (TPSA) is 50.2 Å². The Bertz CT molecular complexity index is 565. The number of thiazole rings is 1. The monoisotopic (exact) mass is 311 g/mol. The van der Waals surface area contributed by atoms with Gasteiger partial charge in [0.05, 0.1) is 16.3 Å². The predicted octanol–water partition coefficient (Wildman–Crippen LogP) is 3.71.